The molecule has 23 heavy (non-hydrogen) atoms. The van der Waals surface area contributed by atoms with E-state index in [9.17, 15) is 4.79 Å². The highest BCUT2D eigenvalue weighted by Crippen LogP contribution is 2.23. The number of amides is 1. The van der Waals surface area contributed by atoms with Crippen LogP contribution in [0.2, 0.25) is 0 Å². The molecule has 0 aliphatic carbocycles. The Morgan fingerprint density at radius 3 is 2.96 bits per heavy atom. The molecule has 0 saturated carbocycles. The number of hydrogen-bond acceptors (Lipinski definition) is 3. The van der Waals surface area contributed by atoms with Crippen molar-refractivity contribution < 1.29 is 4.79 Å². The van der Waals surface area contributed by atoms with Gasteiger partial charge in [-0.15, -0.1) is 0 Å². The zero-order valence-corrected chi connectivity index (χ0v) is 13.7. The molecule has 1 saturated heterocycles. The number of nitrogens with zero attached hydrogens (tertiary/aromatic N) is 2. The smallest absolute Gasteiger partial charge is 0.257 e. The maximum atomic E-state index is 12.5. The fourth-order valence-corrected chi connectivity index (χ4v) is 3.07. The van der Waals surface area contributed by atoms with E-state index in [1.807, 2.05) is 43.5 Å². The van der Waals surface area contributed by atoms with E-state index in [4.69, 9.17) is 0 Å². The Balaban J connectivity index is 1.75. The van der Waals surface area contributed by atoms with Crippen molar-refractivity contribution in [2.24, 2.45) is 5.92 Å². The minimum atomic E-state index is -0.116. The van der Waals surface area contributed by atoms with Crippen molar-refractivity contribution in [2.75, 3.05) is 23.3 Å². The molecule has 1 aromatic carbocycles. The molecule has 4 nitrogen and oxygen atoms in total. The summed E-state index contributed by atoms with van der Waals surface area (Å²) in [5.74, 6) is 0.573. The number of hydrogen-bond donors (Lipinski definition) is 1. The van der Waals surface area contributed by atoms with E-state index < -0.39 is 0 Å². The molecule has 1 N–H and O–H groups in total. The molecule has 2 heterocycles. The predicted molar refractivity (Wildman–Crippen MR) is 94.0 cm³/mol. The normalized spacial score (nSPS) is 17.8. The van der Waals surface area contributed by atoms with Gasteiger partial charge in [0, 0.05) is 25.0 Å². The summed E-state index contributed by atoms with van der Waals surface area (Å²) in [6, 6.07) is 9.75. The quantitative estimate of drug-likeness (QED) is 0.936. The van der Waals surface area contributed by atoms with Crippen LogP contribution in [-0.2, 0) is 0 Å². The molecular formula is C19H23N3O. The Morgan fingerprint density at radius 1 is 1.30 bits per heavy atom. The van der Waals surface area contributed by atoms with Crippen LogP contribution in [0.3, 0.4) is 0 Å². The van der Waals surface area contributed by atoms with Crippen LogP contribution >= 0.6 is 0 Å². The highest BCUT2D eigenvalue weighted by Gasteiger charge is 2.18. The fourth-order valence-electron chi connectivity index (χ4n) is 3.07. The van der Waals surface area contributed by atoms with Gasteiger partial charge in [-0.3, -0.25) is 9.78 Å². The van der Waals surface area contributed by atoms with Gasteiger partial charge >= 0.3 is 0 Å². The molecule has 1 aliphatic heterocycles. The number of piperidine rings is 1. The topological polar surface area (TPSA) is 45.2 Å². The molecule has 1 fully saturated rings. The van der Waals surface area contributed by atoms with Crippen molar-refractivity contribution in [2.45, 2.75) is 26.7 Å². The van der Waals surface area contributed by atoms with Crippen molar-refractivity contribution in [3.8, 4) is 0 Å². The van der Waals surface area contributed by atoms with Gasteiger partial charge in [0.2, 0.25) is 0 Å². The van der Waals surface area contributed by atoms with Gasteiger partial charge in [0.05, 0.1) is 17.4 Å². The van der Waals surface area contributed by atoms with Crippen LogP contribution in [0, 0.1) is 12.8 Å². The van der Waals surface area contributed by atoms with Gasteiger partial charge in [0.1, 0.15) is 0 Å². The Bertz CT molecular complexity index is 699. The lowest BCUT2D eigenvalue weighted by Crippen LogP contribution is -2.34. The standard InChI is InChI=1S/C19H23N3O/c1-14-5-3-7-17(9-14)21-19(23)16-10-18(12-20-11-16)22-8-4-6-15(2)13-22/h3,5,7,9-12,15H,4,6,8,13H2,1-2H3,(H,21,23). The zero-order chi connectivity index (χ0) is 16.2. The number of carbonyl (C=O) groups is 1. The number of aromatic nitrogens is 1. The van der Waals surface area contributed by atoms with E-state index in [0.717, 1.165) is 30.0 Å². The number of aryl methyl sites for hydroxylation is 1. The Labute approximate surface area is 137 Å². The fraction of sp³-hybridized carbons (Fsp3) is 0.368. The van der Waals surface area contributed by atoms with Crippen LogP contribution in [0.4, 0.5) is 11.4 Å². The number of nitrogens with one attached hydrogen (secondary N) is 1. The maximum absolute atomic E-state index is 12.5. The summed E-state index contributed by atoms with van der Waals surface area (Å²) < 4.78 is 0. The Kier molecular flexibility index (Phi) is 4.60. The third-order valence-corrected chi connectivity index (χ3v) is 4.28. The van der Waals surface area contributed by atoms with Crippen LogP contribution in [0.15, 0.2) is 42.7 Å². The molecule has 0 spiro atoms. The number of carbonyl (C=O) groups excluding carboxylic acids is 1. The maximum Gasteiger partial charge on any atom is 0.257 e. The summed E-state index contributed by atoms with van der Waals surface area (Å²) in [5.41, 5.74) is 3.57. The second-order valence-electron chi connectivity index (χ2n) is 6.45. The van der Waals surface area contributed by atoms with Crippen LogP contribution in [0.1, 0.15) is 35.7 Å². The summed E-state index contributed by atoms with van der Waals surface area (Å²) in [4.78, 5) is 19.0. The van der Waals surface area contributed by atoms with Gasteiger partial charge in [0.25, 0.3) is 5.91 Å². The molecule has 4 heteroatoms. The van der Waals surface area contributed by atoms with Crippen LogP contribution < -0.4 is 10.2 Å². The first-order chi connectivity index (χ1) is 11.1. The summed E-state index contributed by atoms with van der Waals surface area (Å²) >= 11 is 0. The minimum absolute atomic E-state index is 0.116. The number of pyridine rings is 1. The molecule has 3 rings (SSSR count). The Morgan fingerprint density at radius 2 is 2.17 bits per heavy atom. The molecule has 1 aliphatic rings. The van der Waals surface area contributed by atoms with Gasteiger partial charge in [-0.05, 0) is 49.4 Å². The molecule has 120 valence electrons. The van der Waals surface area contributed by atoms with E-state index >= 15 is 0 Å². The van der Waals surface area contributed by atoms with Crippen molar-refractivity contribution in [3.63, 3.8) is 0 Å². The van der Waals surface area contributed by atoms with E-state index in [2.05, 4.69) is 22.1 Å². The van der Waals surface area contributed by atoms with Crippen molar-refractivity contribution in [1.82, 2.24) is 4.98 Å². The summed E-state index contributed by atoms with van der Waals surface area (Å²) in [7, 11) is 0. The third kappa shape index (κ3) is 3.89. The van der Waals surface area contributed by atoms with Gasteiger partial charge in [-0.1, -0.05) is 19.1 Å². The second-order valence-corrected chi connectivity index (χ2v) is 6.45. The SMILES string of the molecule is Cc1cccc(NC(=O)c2cncc(N3CCCC(C)C3)c2)c1. The molecule has 1 amide bonds. The minimum Gasteiger partial charge on any atom is -0.370 e. The molecule has 1 aromatic heterocycles. The zero-order valence-electron chi connectivity index (χ0n) is 13.7. The first-order valence-electron chi connectivity index (χ1n) is 8.20. The van der Waals surface area contributed by atoms with E-state index in [1.54, 1.807) is 6.20 Å². The van der Waals surface area contributed by atoms with E-state index in [-0.39, 0.29) is 5.91 Å². The highest BCUT2D eigenvalue weighted by atomic mass is 16.1. The molecular weight excluding hydrogens is 286 g/mol. The molecule has 0 radical (unpaired) electrons. The second kappa shape index (κ2) is 6.82. The summed E-state index contributed by atoms with van der Waals surface area (Å²) in [5, 5.41) is 2.94. The van der Waals surface area contributed by atoms with Gasteiger partial charge in [-0.2, -0.15) is 0 Å². The van der Waals surface area contributed by atoms with Gasteiger partial charge in [-0.25, -0.2) is 0 Å². The first-order valence-corrected chi connectivity index (χ1v) is 8.20. The van der Waals surface area contributed by atoms with Crippen LogP contribution in [0.25, 0.3) is 0 Å². The molecule has 1 atom stereocenters. The van der Waals surface area contributed by atoms with Crippen LogP contribution in [0.5, 0.6) is 0 Å². The monoisotopic (exact) mass is 309 g/mol. The van der Waals surface area contributed by atoms with Gasteiger partial charge in [0.15, 0.2) is 0 Å². The Hall–Kier alpha value is -2.36. The molecule has 0 bridgehead atoms. The molecule has 1 unspecified atom stereocenters. The molecule has 2 aromatic rings. The largest absolute Gasteiger partial charge is 0.370 e. The first kappa shape index (κ1) is 15.5. The lowest BCUT2D eigenvalue weighted by Gasteiger charge is -2.32. The number of anilines is 2. The predicted octanol–water partition coefficient (Wildman–Crippen LogP) is 3.88. The summed E-state index contributed by atoms with van der Waals surface area (Å²) in [6.07, 6.45) is 5.95. The highest BCUT2D eigenvalue weighted by molar-refractivity contribution is 6.04. The lowest BCUT2D eigenvalue weighted by molar-refractivity contribution is 0.102. The number of benzene rings is 1. The lowest BCUT2D eigenvalue weighted by atomic mass is 10.00. The third-order valence-electron chi connectivity index (χ3n) is 4.28. The van der Waals surface area contributed by atoms with E-state index in [1.165, 1.54) is 12.8 Å². The average Bonchev–Trinajstić information content (AvgIpc) is 2.55. The number of rotatable bonds is 3. The average molecular weight is 309 g/mol. The van der Waals surface area contributed by atoms with E-state index in [0.29, 0.717) is 11.5 Å². The summed E-state index contributed by atoms with van der Waals surface area (Å²) in [6.45, 7) is 6.35. The van der Waals surface area contributed by atoms with Crippen molar-refractivity contribution in [1.29, 1.82) is 0 Å². The van der Waals surface area contributed by atoms with Gasteiger partial charge < -0.3 is 10.2 Å². The van der Waals surface area contributed by atoms with Crippen molar-refractivity contribution >= 4 is 17.3 Å². The van der Waals surface area contributed by atoms with Crippen molar-refractivity contribution in [3.05, 3.63) is 53.9 Å². The van der Waals surface area contributed by atoms with Crippen LogP contribution in [-0.4, -0.2) is 24.0 Å².